The SMILES string of the molecule is COc1ccc(-c2[nH]n(-c3ccccc3)c(=O)c2N=Nc2cccc(C(=O)O)c2)cc1. The first-order valence-corrected chi connectivity index (χ1v) is 9.37. The largest absolute Gasteiger partial charge is 0.497 e. The second-order valence-corrected chi connectivity index (χ2v) is 6.60. The van der Waals surface area contributed by atoms with Crippen LogP contribution in [0.2, 0.25) is 0 Å². The van der Waals surface area contributed by atoms with Crippen LogP contribution in [0.25, 0.3) is 16.9 Å². The van der Waals surface area contributed by atoms with Crippen molar-refractivity contribution in [1.29, 1.82) is 0 Å². The Morgan fingerprint density at radius 2 is 1.71 bits per heavy atom. The van der Waals surface area contributed by atoms with Crippen molar-refractivity contribution in [1.82, 2.24) is 9.78 Å². The van der Waals surface area contributed by atoms with E-state index in [1.807, 2.05) is 30.3 Å². The fourth-order valence-electron chi connectivity index (χ4n) is 3.05. The second kappa shape index (κ2) is 8.50. The van der Waals surface area contributed by atoms with Crippen LogP contribution in [0.4, 0.5) is 11.4 Å². The van der Waals surface area contributed by atoms with Gasteiger partial charge in [-0.05, 0) is 54.6 Å². The number of methoxy groups -OCH3 is 1. The number of benzene rings is 3. The number of hydrogen-bond acceptors (Lipinski definition) is 5. The summed E-state index contributed by atoms with van der Waals surface area (Å²) in [7, 11) is 1.58. The van der Waals surface area contributed by atoms with Gasteiger partial charge in [-0.2, -0.15) is 5.11 Å². The van der Waals surface area contributed by atoms with E-state index in [4.69, 9.17) is 9.84 Å². The molecule has 4 rings (SSSR count). The van der Waals surface area contributed by atoms with Crippen molar-refractivity contribution in [3.63, 3.8) is 0 Å². The zero-order chi connectivity index (χ0) is 21.8. The molecule has 154 valence electrons. The lowest BCUT2D eigenvalue weighted by molar-refractivity contribution is 0.0697. The summed E-state index contributed by atoms with van der Waals surface area (Å²) >= 11 is 0. The molecule has 0 aliphatic heterocycles. The molecule has 0 atom stereocenters. The number of aromatic carboxylic acids is 1. The van der Waals surface area contributed by atoms with E-state index in [2.05, 4.69) is 15.3 Å². The molecule has 2 N–H and O–H groups in total. The first-order chi connectivity index (χ1) is 15.1. The fourth-order valence-corrected chi connectivity index (χ4v) is 3.05. The molecule has 4 aromatic rings. The van der Waals surface area contributed by atoms with E-state index in [1.165, 1.54) is 16.8 Å². The van der Waals surface area contributed by atoms with Crippen LogP contribution in [0.15, 0.2) is 93.9 Å². The van der Waals surface area contributed by atoms with Crippen molar-refractivity contribution in [2.24, 2.45) is 10.2 Å². The standard InChI is InChI=1S/C23H18N4O4/c1-31-19-12-10-15(11-13-19)20-21(22(28)27(26-20)18-8-3-2-4-9-18)25-24-17-7-5-6-16(14-17)23(29)30/h2-14,26H,1H3,(H,29,30). The Morgan fingerprint density at radius 1 is 0.968 bits per heavy atom. The number of aromatic amines is 1. The molecule has 3 aromatic carbocycles. The Kier molecular flexibility index (Phi) is 5.44. The van der Waals surface area contributed by atoms with Crippen LogP contribution in [-0.4, -0.2) is 28.0 Å². The number of ether oxygens (including phenoxy) is 1. The fraction of sp³-hybridized carbons (Fsp3) is 0.0435. The van der Waals surface area contributed by atoms with E-state index in [0.29, 0.717) is 22.8 Å². The summed E-state index contributed by atoms with van der Waals surface area (Å²) in [6.45, 7) is 0. The molecule has 0 fully saturated rings. The molecule has 0 aliphatic carbocycles. The van der Waals surface area contributed by atoms with Gasteiger partial charge in [-0.3, -0.25) is 9.89 Å². The Hall–Kier alpha value is -4.46. The van der Waals surface area contributed by atoms with Gasteiger partial charge in [0, 0.05) is 5.56 Å². The predicted molar refractivity (Wildman–Crippen MR) is 116 cm³/mol. The zero-order valence-corrected chi connectivity index (χ0v) is 16.5. The average Bonchev–Trinajstić information content (AvgIpc) is 3.14. The number of azo groups is 1. The molecule has 0 unspecified atom stereocenters. The molecular weight excluding hydrogens is 396 g/mol. The summed E-state index contributed by atoms with van der Waals surface area (Å²) in [6.07, 6.45) is 0. The predicted octanol–water partition coefficient (Wildman–Crippen LogP) is 4.95. The van der Waals surface area contributed by atoms with Gasteiger partial charge < -0.3 is 9.84 Å². The molecule has 0 spiro atoms. The molecule has 0 saturated heterocycles. The van der Waals surface area contributed by atoms with Crippen molar-refractivity contribution in [2.75, 3.05) is 7.11 Å². The van der Waals surface area contributed by atoms with Gasteiger partial charge in [0.1, 0.15) is 5.75 Å². The Morgan fingerprint density at radius 3 is 2.39 bits per heavy atom. The highest BCUT2D eigenvalue weighted by Gasteiger charge is 2.17. The molecule has 0 aliphatic rings. The lowest BCUT2D eigenvalue weighted by Crippen LogP contribution is -2.13. The summed E-state index contributed by atoms with van der Waals surface area (Å²) in [5.74, 6) is -0.383. The van der Waals surface area contributed by atoms with Crippen LogP contribution >= 0.6 is 0 Å². The topological polar surface area (TPSA) is 109 Å². The van der Waals surface area contributed by atoms with Gasteiger partial charge in [0.25, 0.3) is 5.56 Å². The minimum atomic E-state index is -1.07. The van der Waals surface area contributed by atoms with Crippen molar-refractivity contribution in [2.45, 2.75) is 0 Å². The number of H-pyrrole nitrogens is 1. The third-order valence-electron chi connectivity index (χ3n) is 4.62. The second-order valence-electron chi connectivity index (χ2n) is 6.60. The van der Waals surface area contributed by atoms with E-state index in [0.717, 1.165) is 5.56 Å². The van der Waals surface area contributed by atoms with E-state index >= 15 is 0 Å². The lowest BCUT2D eigenvalue weighted by atomic mass is 10.1. The minimum Gasteiger partial charge on any atom is -0.497 e. The highest BCUT2D eigenvalue weighted by Crippen LogP contribution is 2.29. The Balaban J connectivity index is 1.83. The van der Waals surface area contributed by atoms with Crippen molar-refractivity contribution >= 4 is 17.3 Å². The smallest absolute Gasteiger partial charge is 0.335 e. The highest BCUT2D eigenvalue weighted by molar-refractivity contribution is 5.88. The highest BCUT2D eigenvalue weighted by atomic mass is 16.5. The van der Waals surface area contributed by atoms with Crippen molar-refractivity contribution in [3.05, 3.63) is 94.8 Å². The van der Waals surface area contributed by atoms with Crippen LogP contribution < -0.4 is 10.3 Å². The first kappa shape index (κ1) is 19.8. The molecule has 0 radical (unpaired) electrons. The minimum absolute atomic E-state index is 0.0857. The summed E-state index contributed by atoms with van der Waals surface area (Å²) < 4.78 is 6.59. The molecular formula is C23H18N4O4. The van der Waals surface area contributed by atoms with Gasteiger partial charge in [-0.15, -0.1) is 5.11 Å². The zero-order valence-electron chi connectivity index (χ0n) is 16.5. The molecule has 0 saturated carbocycles. The van der Waals surface area contributed by atoms with Gasteiger partial charge in [0.2, 0.25) is 0 Å². The number of carboxylic acid groups (broad SMARTS) is 1. The first-order valence-electron chi connectivity index (χ1n) is 9.37. The van der Waals surface area contributed by atoms with Gasteiger partial charge >= 0.3 is 5.97 Å². The molecule has 31 heavy (non-hydrogen) atoms. The van der Waals surface area contributed by atoms with Crippen LogP contribution in [-0.2, 0) is 0 Å². The van der Waals surface area contributed by atoms with E-state index in [1.54, 1.807) is 43.5 Å². The average molecular weight is 414 g/mol. The van der Waals surface area contributed by atoms with Gasteiger partial charge in [-0.1, -0.05) is 24.3 Å². The maximum absolute atomic E-state index is 13.1. The van der Waals surface area contributed by atoms with Crippen LogP contribution in [0.5, 0.6) is 5.75 Å². The summed E-state index contributed by atoms with van der Waals surface area (Å²) in [5, 5.41) is 20.6. The third-order valence-corrected chi connectivity index (χ3v) is 4.62. The van der Waals surface area contributed by atoms with Gasteiger partial charge in [0.15, 0.2) is 5.69 Å². The Labute approximate surface area is 177 Å². The van der Waals surface area contributed by atoms with Crippen molar-refractivity contribution < 1.29 is 14.6 Å². The van der Waals surface area contributed by atoms with Crippen LogP contribution in [0.1, 0.15) is 10.4 Å². The molecule has 8 heteroatoms. The number of hydrogen-bond donors (Lipinski definition) is 2. The van der Waals surface area contributed by atoms with E-state index in [9.17, 15) is 9.59 Å². The van der Waals surface area contributed by atoms with E-state index < -0.39 is 5.97 Å². The van der Waals surface area contributed by atoms with Crippen molar-refractivity contribution in [3.8, 4) is 22.7 Å². The van der Waals surface area contributed by atoms with Crippen LogP contribution in [0, 0.1) is 0 Å². The molecule has 0 bridgehead atoms. The molecule has 0 amide bonds. The number of carboxylic acids is 1. The maximum Gasteiger partial charge on any atom is 0.335 e. The lowest BCUT2D eigenvalue weighted by Gasteiger charge is -2.03. The molecule has 1 heterocycles. The third kappa shape index (κ3) is 4.13. The molecule has 1 aromatic heterocycles. The van der Waals surface area contributed by atoms with Gasteiger partial charge in [0.05, 0.1) is 29.7 Å². The summed E-state index contributed by atoms with van der Waals surface area (Å²) in [4.78, 5) is 24.3. The number of nitrogens with one attached hydrogen (secondary N) is 1. The Bertz CT molecular complexity index is 1310. The number of aromatic nitrogens is 2. The number of rotatable bonds is 6. The maximum atomic E-state index is 13.1. The quantitative estimate of drug-likeness (QED) is 0.435. The van der Waals surface area contributed by atoms with Gasteiger partial charge in [-0.25, -0.2) is 9.48 Å². The molecule has 8 nitrogen and oxygen atoms in total. The van der Waals surface area contributed by atoms with E-state index in [-0.39, 0.29) is 16.8 Å². The summed E-state index contributed by atoms with van der Waals surface area (Å²) in [5.41, 5.74) is 1.99. The monoisotopic (exact) mass is 414 g/mol. The number of nitrogens with zero attached hydrogens (tertiary/aromatic N) is 3. The number of para-hydroxylation sites is 1. The van der Waals surface area contributed by atoms with Crippen LogP contribution in [0.3, 0.4) is 0 Å². The summed E-state index contributed by atoms with van der Waals surface area (Å²) in [6, 6.07) is 22.3. The number of carbonyl (C=O) groups is 1. The normalized spacial score (nSPS) is 11.0.